The van der Waals surface area contributed by atoms with E-state index in [1.165, 1.54) is 6.33 Å². The van der Waals surface area contributed by atoms with Crippen molar-refractivity contribution in [1.82, 2.24) is 20.2 Å². The van der Waals surface area contributed by atoms with Gasteiger partial charge in [0.05, 0.1) is 12.1 Å². The van der Waals surface area contributed by atoms with E-state index in [2.05, 4.69) is 20.8 Å². The van der Waals surface area contributed by atoms with Crippen LogP contribution >= 0.6 is 23.2 Å². The van der Waals surface area contributed by atoms with Gasteiger partial charge in [0.15, 0.2) is 0 Å². The lowest BCUT2D eigenvalue weighted by atomic mass is 10.1. The molecule has 3 aromatic rings. The number of nitrogens with zero attached hydrogens (tertiary/aromatic N) is 4. The maximum Gasteiger partial charge on any atom is 0.228 e. The second kappa shape index (κ2) is 6.98. The van der Waals surface area contributed by atoms with Gasteiger partial charge in [0.2, 0.25) is 5.91 Å². The van der Waals surface area contributed by atoms with E-state index in [9.17, 15) is 4.79 Å². The predicted molar refractivity (Wildman–Crippen MR) is 92.7 cm³/mol. The second-order valence-electron chi connectivity index (χ2n) is 5.22. The molecule has 0 aliphatic heterocycles. The summed E-state index contributed by atoms with van der Waals surface area (Å²) in [6.45, 7) is 1.92. The summed E-state index contributed by atoms with van der Waals surface area (Å²) in [5, 5.41) is 14.9. The molecule has 2 aromatic carbocycles. The van der Waals surface area contributed by atoms with Gasteiger partial charge in [-0.05, 0) is 58.8 Å². The number of aromatic nitrogens is 4. The molecule has 0 saturated heterocycles. The van der Waals surface area contributed by atoms with Crippen molar-refractivity contribution in [3.8, 4) is 5.69 Å². The van der Waals surface area contributed by atoms with Gasteiger partial charge >= 0.3 is 0 Å². The van der Waals surface area contributed by atoms with E-state index in [1.807, 2.05) is 19.1 Å². The average Bonchev–Trinajstić information content (AvgIpc) is 3.04. The molecule has 0 fully saturated rings. The zero-order chi connectivity index (χ0) is 17.1. The Labute approximate surface area is 148 Å². The highest BCUT2D eigenvalue weighted by atomic mass is 35.5. The monoisotopic (exact) mass is 361 g/mol. The lowest BCUT2D eigenvalue weighted by Crippen LogP contribution is -2.15. The third-order valence-corrected chi connectivity index (χ3v) is 4.03. The van der Waals surface area contributed by atoms with Crippen LogP contribution in [-0.2, 0) is 11.2 Å². The van der Waals surface area contributed by atoms with Crippen molar-refractivity contribution in [2.24, 2.45) is 0 Å². The third-order valence-electron chi connectivity index (χ3n) is 3.44. The lowest BCUT2D eigenvalue weighted by Gasteiger charge is -2.10. The molecule has 122 valence electrons. The summed E-state index contributed by atoms with van der Waals surface area (Å²) < 4.78 is 1.56. The van der Waals surface area contributed by atoms with Gasteiger partial charge in [-0.15, -0.1) is 5.10 Å². The molecule has 0 aliphatic rings. The highest BCUT2D eigenvalue weighted by molar-refractivity contribution is 6.35. The van der Waals surface area contributed by atoms with E-state index >= 15 is 0 Å². The molecule has 0 saturated carbocycles. The van der Waals surface area contributed by atoms with Crippen molar-refractivity contribution in [3.63, 3.8) is 0 Å². The highest BCUT2D eigenvalue weighted by Gasteiger charge is 2.10. The van der Waals surface area contributed by atoms with Gasteiger partial charge in [-0.1, -0.05) is 29.3 Å². The first-order valence-corrected chi connectivity index (χ1v) is 7.86. The van der Waals surface area contributed by atoms with Gasteiger partial charge in [0.25, 0.3) is 0 Å². The number of rotatable bonds is 4. The van der Waals surface area contributed by atoms with E-state index in [-0.39, 0.29) is 12.3 Å². The average molecular weight is 362 g/mol. The van der Waals surface area contributed by atoms with Gasteiger partial charge in [-0.25, -0.2) is 4.68 Å². The normalized spacial score (nSPS) is 10.6. The molecule has 0 bridgehead atoms. The van der Waals surface area contributed by atoms with E-state index < -0.39 is 0 Å². The number of anilines is 1. The summed E-state index contributed by atoms with van der Waals surface area (Å²) in [6, 6.07) is 10.6. The van der Waals surface area contributed by atoms with Gasteiger partial charge < -0.3 is 5.32 Å². The molecular weight excluding hydrogens is 349 g/mol. The Hall–Kier alpha value is -2.44. The summed E-state index contributed by atoms with van der Waals surface area (Å²) in [5.74, 6) is -0.159. The van der Waals surface area contributed by atoms with Crippen LogP contribution in [0.5, 0.6) is 0 Å². The number of aryl methyl sites for hydroxylation is 1. The number of hydrogen-bond acceptors (Lipinski definition) is 4. The summed E-state index contributed by atoms with van der Waals surface area (Å²) in [5.41, 5.74) is 3.20. The van der Waals surface area contributed by atoms with E-state index in [0.717, 1.165) is 16.8 Å². The van der Waals surface area contributed by atoms with E-state index in [0.29, 0.717) is 15.7 Å². The van der Waals surface area contributed by atoms with Gasteiger partial charge in [0, 0.05) is 15.7 Å². The van der Waals surface area contributed by atoms with Crippen LogP contribution in [0, 0.1) is 6.92 Å². The van der Waals surface area contributed by atoms with Crippen LogP contribution in [0.2, 0.25) is 10.0 Å². The molecule has 1 heterocycles. The molecule has 8 heteroatoms. The molecule has 24 heavy (non-hydrogen) atoms. The van der Waals surface area contributed by atoms with Crippen molar-refractivity contribution < 1.29 is 4.79 Å². The Morgan fingerprint density at radius 1 is 1.21 bits per heavy atom. The molecular formula is C16H13Cl2N5O. The minimum absolute atomic E-state index is 0.159. The van der Waals surface area contributed by atoms with Crippen molar-refractivity contribution in [2.75, 3.05) is 5.32 Å². The Morgan fingerprint density at radius 3 is 2.71 bits per heavy atom. The fourth-order valence-electron chi connectivity index (χ4n) is 2.31. The maximum absolute atomic E-state index is 12.2. The third kappa shape index (κ3) is 3.72. The summed E-state index contributed by atoms with van der Waals surface area (Å²) >= 11 is 12.0. The molecule has 0 spiro atoms. The van der Waals surface area contributed by atoms with Crippen LogP contribution in [0.1, 0.15) is 11.1 Å². The molecule has 1 amide bonds. The van der Waals surface area contributed by atoms with Crippen LogP contribution in [0.4, 0.5) is 5.69 Å². The number of tetrazole rings is 1. The van der Waals surface area contributed by atoms with Crippen molar-refractivity contribution in [2.45, 2.75) is 13.3 Å². The summed E-state index contributed by atoms with van der Waals surface area (Å²) in [7, 11) is 0. The highest BCUT2D eigenvalue weighted by Crippen LogP contribution is 2.22. The SMILES string of the molecule is Cc1cc(NC(=O)Cc2ccc(Cl)cc2Cl)ccc1-n1cnnn1. The quantitative estimate of drug-likeness (QED) is 0.772. The summed E-state index contributed by atoms with van der Waals surface area (Å²) in [4.78, 5) is 12.2. The minimum Gasteiger partial charge on any atom is -0.326 e. The van der Waals surface area contributed by atoms with Crippen LogP contribution in [0.3, 0.4) is 0 Å². The smallest absolute Gasteiger partial charge is 0.228 e. The predicted octanol–water partition coefficient (Wildman–Crippen LogP) is 3.46. The Kier molecular flexibility index (Phi) is 4.78. The summed E-state index contributed by atoms with van der Waals surface area (Å²) in [6.07, 6.45) is 1.69. The number of halogens is 2. The van der Waals surface area contributed by atoms with E-state index in [4.69, 9.17) is 23.2 Å². The molecule has 0 atom stereocenters. The van der Waals surface area contributed by atoms with E-state index in [1.54, 1.807) is 28.9 Å². The molecule has 0 aliphatic carbocycles. The zero-order valence-electron chi connectivity index (χ0n) is 12.7. The Morgan fingerprint density at radius 2 is 2.04 bits per heavy atom. The topological polar surface area (TPSA) is 72.7 Å². The van der Waals surface area contributed by atoms with Gasteiger partial charge in [-0.2, -0.15) is 0 Å². The first kappa shape index (κ1) is 16.4. The fourth-order valence-corrected chi connectivity index (χ4v) is 2.78. The second-order valence-corrected chi connectivity index (χ2v) is 6.06. The number of hydrogen-bond donors (Lipinski definition) is 1. The lowest BCUT2D eigenvalue weighted by molar-refractivity contribution is -0.115. The number of carbonyl (C=O) groups excluding carboxylic acids is 1. The number of nitrogens with one attached hydrogen (secondary N) is 1. The molecule has 0 radical (unpaired) electrons. The van der Waals surface area contributed by atoms with Crippen molar-refractivity contribution in [1.29, 1.82) is 0 Å². The Bertz CT molecular complexity index is 880. The zero-order valence-corrected chi connectivity index (χ0v) is 14.2. The first-order valence-electron chi connectivity index (χ1n) is 7.11. The number of carbonyl (C=O) groups is 1. The maximum atomic E-state index is 12.2. The van der Waals surface area contributed by atoms with Gasteiger partial charge in [-0.3, -0.25) is 4.79 Å². The van der Waals surface area contributed by atoms with Crippen molar-refractivity contribution in [3.05, 3.63) is 63.9 Å². The van der Waals surface area contributed by atoms with Crippen LogP contribution in [0.15, 0.2) is 42.7 Å². The number of amides is 1. The van der Waals surface area contributed by atoms with Crippen LogP contribution < -0.4 is 5.32 Å². The first-order chi connectivity index (χ1) is 11.5. The fraction of sp³-hybridized carbons (Fsp3) is 0.125. The molecule has 0 unspecified atom stereocenters. The Balaban J connectivity index is 1.71. The minimum atomic E-state index is -0.159. The van der Waals surface area contributed by atoms with Crippen molar-refractivity contribution >= 4 is 34.8 Å². The molecule has 3 rings (SSSR count). The standard InChI is InChI=1S/C16H13Cl2N5O/c1-10-6-13(4-5-15(10)23-9-19-21-22-23)20-16(24)7-11-2-3-12(17)8-14(11)18/h2-6,8-9H,7H2,1H3,(H,20,24). The number of benzene rings is 2. The molecule has 6 nitrogen and oxygen atoms in total. The largest absolute Gasteiger partial charge is 0.326 e. The molecule has 1 aromatic heterocycles. The van der Waals surface area contributed by atoms with Crippen LogP contribution in [-0.4, -0.2) is 26.1 Å². The van der Waals surface area contributed by atoms with Crippen LogP contribution in [0.25, 0.3) is 5.69 Å². The van der Waals surface area contributed by atoms with Gasteiger partial charge in [0.1, 0.15) is 6.33 Å². The molecule has 1 N–H and O–H groups in total.